The molecule has 3 heteroatoms. The van der Waals surface area contributed by atoms with E-state index in [0.717, 1.165) is 0 Å². The summed E-state index contributed by atoms with van der Waals surface area (Å²) in [7, 11) is 0. The molecule has 0 aliphatic carbocycles. The lowest BCUT2D eigenvalue weighted by Gasteiger charge is -2.43. The van der Waals surface area contributed by atoms with Crippen molar-refractivity contribution in [1.82, 2.24) is 9.80 Å². The van der Waals surface area contributed by atoms with Crippen LogP contribution in [0.1, 0.15) is 67.2 Å². The maximum atomic E-state index is 6.40. The highest BCUT2D eigenvalue weighted by atomic mass is 16.5. The molecule has 2 rings (SSSR count). The first-order valence-corrected chi connectivity index (χ1v) is 8.82. The van der Waals surface area contributed by atoms with Gasteiger partial charge in [0.15, 0.2) is 0 Å². The Morgan fingerprint density at radius 1 is 0.619 bits per heavy atom. The molecule has 2 aliphatic heterocycles. The van der Waals surface area contributed by atoms with Crippen molar-refractivity contribution in [3.63, 3.8) is 0 Å². The van der Waals surface area contributed by atoms with Crippen LogP contribution in [0.4, 0.5) is 0 Å². The highest BCUT2D eigenvalue weighted by Crippen LogP contribution is 2.26. The van der Waals surface area contributed by atoms with E-state index in [1.807, 2.05) is 0 Å². The summed E-state index contributed by atoms with van der Waals surface area (Å²) < 4.78 is 6.40. The average Bonchev–Trinajstić information content (AvgIpc) is 2.38. The molecule has 124 valence electrons. The maximum Gasteiger partial charge on any atom is 0.0603 e. The molecule has 21 heavy (non-hydrogen) atoms. The van der Waals surface area contributed by atoms with Crippen LogP contribution in [0.5, 0.6) is 0 Å². The van der Waals surface area contributed by atoms with E-state index in [0.29, 0.717) is 23.3 Å². The average molecular weight is 296 g/mol. The molecule has 0 bridgehead atoms. The lowest BCUT2D eigenvalue weighted by Crippen LogP contribution is -2.50. The molecule has 0 aromatic rings. The molecule has 2 aliphatic rings. The molecule has 3 nitrogen and oxygen atoms in total. The van der Waals surface area contributed by atoms with E-state index in [1.54, 1.807) is 0 Å². The zero-order valence-electron chi connectivity index (χ0n) is 15.1. The normalized spacial score (nSPS) is 25.4. The van der Waals surface area contributed by atoms with Crippen LogP contribution in [0.3, 0.4) is 0 Å². The van der Waals surface area contributed by atoms with Crippen molar-refractivity contribution in [3.8, 4) is 0 Å². The largest absolute Gasteiger partial charge is 0.375 e. The smallest absolute Gasteiger partial charge is 0.0603 e. The molecule has 2 saturated heterocycles. The van der Waals surface area contributed by atoms with Gasteiger partial charge in [0.2, 0.25) is 0 Å². The van der Waals surface area contributed by atoms with Crippen molar-refractivity contribution in [2.24, 2.45) is 0 Å². The van der Waals surface area contributed by atoms with E-state index in [-0.39, 0.29) is 0 Å². The van der Waals surface area contributed by atoms with Gasteiger partial charge >= 0.3 is 0 Å². The zero-order chi connectivity index (χ0) is 15.7. The first-order chi connectivity index (χ1) is 9.66. The summed E-state index contributed by atoms with van der Waals surface area (Å²) in [5, 5.41) is 0. The van der Waals surface area contributed by atoms with Gasteiger partial charge in [0, 0.05) is 37.3 Å². The highest BCUT2D eigenvalue weighted by Gasteiger charge is 2.31. The van der Waals surface area contributed by atoms with Crippen molar-refractivity contribution < 1.29 is 4.74 Å². The van der Waals surface area contributed by atoms with Gasteiger partial charge in [0.1, 0.15) is 0 Å². The van der Waals surface area contributed by atoms with E-state index >= 15 is 0 Å². The van der Waals surface area contributed by atoms with Crippen molar-refractivity contribution >= 4 is 0 Å². The predicted octanol–water partition coefficient (Wildman–Crippen LogP) is 3.53. The monoisotopic (exact) mass is 296 g/mol. The third-order valence-corrected chi connectivity index (χ3v) is 5.17. The molecule has 0 spiro atoms. The number of ether oxygens (including phenoxy) is 1. The second-order valence-electron chi connectivity index (χ2n) is 8.85. The van der Waals surface area contributed by atoms with Gasteiger partial charge in [0.05, 0.1) is 12.2 Å². The SMILES string of the molecule is CC(C)(C)N1CCC(OC2CCN(C(C)(C)C)CC2)CC1. The summed E-state index contributed by atoms with van der Waals surface area (Å²) in [4.78, 5) is 5.18. The quantitative estimate of drug-likeness (QED) is 0.775. The summed E-state index contributed by atoms with van der Waals surface area (Å²) >= 11 is 0. The van der Waals surface area contributed by atoms with Crippen molar-refractivity contribution in [2.75, 3.05) is 26.2 Å². The van der Waals surface area contributed by atoms with Gasteiger partial charge in [-0.25, -0.2) is 0 Å². The molecule has 0 aromatic heterocycles. The Bertz CT molecular complexity index is 281. The lowest BCUT2D eigenvalue weighted by molar-refractivity contribution is -0.0798. The van der Waals surface area contributed by atoms with E-state index in [2.05, 4.69) is 51.3 Å². The van der Waals surface area contributed by atoms with Crippen LogP contribution in [0.15, 0.2) is 0 Å². The minimum Gasteiger partial charge on any atom is -0.375 e. The summed E-state index contributed by atoms with van der Waals surface area (Å²) in [6, 6.07) is 0. The highest BCUT2D eigenvalue weighted by molar-refractivity contribution is 4.85. The van der Waals surface area contributed by atoms with Crippen LogP contribution >= 0.6 is 0 Å². The number of likely N-dealkylation sites (tertiary alicyclic amines) is 2. The molecular formula is C18H36N2O. The van der Waals surface area contributed by atoms with Crippen LogP contribution in [0, 0.1) is 0 Å². The first kappa shape index (κ1) is 17.2. The molecule has 2 heterocycles. The van der Waals surface area contributed by atoms with Crippen molar-refractivity contribution in [1.29, 1.82) is 0 Å². The fourth-order valence-corrected chi connectivity index (χ4v) is 3.60. The van der Waals surface area contributed by atoms with E-state index in [9.17, 15) is 0 Å². The van der Waals surface area contributed by atoms with Crippen LogP contribution in [0.2, 0.25) is 0 Å². The second kappa shape index (κ2) is 6.55. The Labute approximate surface area is 132 Å². The fourth-order valence-electron chi connectivity index (χ4n) is 3.60. The van der Waals surface area contributed by atoms with Crippen LogP contribution in [-0.4, -0.2) is 59.3 Å². The molecule has 0 saturated carbocycles. The molecule has 0 N–H and O–H groups in total. The zero-order valence-corrected chi connectivity index (χ0v) is 15.1. The second-order valence-corrected chi connectivity index (χ2v) is 8.85. The van der Waals surface area contributed by atoms with E-state index < -0.39 is 0 Å². The van der Waals surface area contributed by atoms with Gasteiger partial charge in [-0.05, 0) is 67.2 Å². The maximum absolute atomic E-state index is 6.40. The lowest BCUT2D eigenvalue weighted by atomic mass is 9.97. The predicted molar refractivity (Wildman–Crippen MR) is 89.8 cm³/mol. The number of piperidine rings is 2. The molecule has 0 unspecified atom stereocenters. The molecule has 2 fully saturated rings. The molecule has 0 aromatic carbocycles. The third-order valence-electron chi connectivity index (χ3n) is 5.17. The Balaban J connectivity index is 1.71. The summed E-state index contributed by atoms with van der Waals surface area (Å²) in [6.45, 7) is 18.7. The Morgan fingerprint density at radius 2 is 0.905 bits per heavy atom. The summed E-state index contributed by atoms with van der Waals surface area (Å²) in [6.07, 6.45) is 5.81. The first-order valence-electron chi connectivity index (χ1n) is 8.82. The van der Waals surface area contributed by atoms with Crippen LogP contribution in [0.25, 0.3) is 0 Å². The van der Waals surface area contributed by atoms with Crippen molar-refractivity contribution in [3.05, 3.63) is 0 Å². The number of nitrogens with zero attached hydrogens (tertiary/aromatic N) is 2. The van der Waals surface area contributed by atoms with E-state index in [4.69, 9.17) is 4.74 Å². The fraction of sp³-hybridized carbons (Fsp3) is 1.00. The van der Waals surface area contributed by atoms with E-state index in [1.165, 1.54) is 51.9 Å². The van der Waals surface area contributed by atoms with Gasteiger partial charge in [-0.3, -0.25) is 9.80 Å². The van der Waals surface area contributed by atoms with Crippen LogP contribution in [-0.2, 0) is 4.74 Å². The number of hydrogen-bond donors (Lipinski definition) is 0. The van der Waals surface area contributed by atoms with Gasteiger partial charge in [-0.2, -0.15) is 0 Å². The number of hydrogen-bond acceptors (Lipinski definition) is 3. The van der Waals surface area contributed by atoms with Gasteiger partial charge in [-0.15, -0.1) is 0 Å². The Kier molecular flexibility index (Phi) is 5.38. The van der Waals surface area contributed by atoms with Gasteiger partial charge in [-0.1, -0.05) is 0 Å². The Hall–Kier alpha value is -0.120. The summed E-state index contributed by atoms with van der Waals surface area (Å²) in [5.74, 6) is 0. The van der Waals surface area contributed by atoms with Crippen LogP contribution < -0.4 is 0 Å². The van der Waals surface area contributed by atoms with Crippen molar-refractivity contribution in [2.45, 2.75) is 90.5 Å². The van der Waals surface area contributed by atoms with Gasteiger partial charge in [0.25, 0.3) is 0 Å². The van der Waals surface area contributed by atoms with Gasteiger partial charge < -0.3 is 4.74 Å². The summed E-state index contributed by atoms with van der Waals surface area (Å²) in [5.41, 5.74) is 0.617. The molecule has 0 amide bonds. The Morgan fingerprint density at radius 3 is 1.14 bits per heavy atom. The minimum atomic E-state index is 0.309. The number of rotatable bonds is 2. The standard InChI is InChI=1S/C18H36N2O/c1-17(2,3)19-11-7-15(8-12-19)21-16-9-13-20(14-10-16)18(4,5)6/h15-16H,7-14H2,1-6H3. The molecule has 0 atom stereocenters. The third kappa shape index (κ3) is 4.94. The minimum absolute atomic E-state index is 0.309. The molecular weight excluding hydrogens is 260 g/mol. The molecule has 0 radical (unpaired) electrons. The topological polar surface area (TPSA) is 15.7 Å².